The van der Waals surface area contributed by atoms with Crippen LogP contribution in [0.25, 0.3) is 0 Å². The van der Waals surface area contributed by atoms with Crippen LogP contribution in [0.5, 0.6) is 17.2 Å². The van der Waals surface area contributed by atoms with Gasteiger partial charge in [-0.25, -0.2) is 0 Å². The van der Waals surface area contributed by atoms with Gasteiger partial charge < -0.3 is 9.84 Å². The molecule has 0 saturated carbocycles. The first-order valence-electron chi connectivity index (χ1n) is 11.5. The van der Waals surface area contributed by atoms with Crippen molar-refractivity contribution in [3.63, 3.8) is 0 Å². The van der Waals surface area contributed by atoms with E-state index in [4.69, 9.17) is 4.74 Å². The summed E-state index contributed by atoms with van der Waals surface area (Å²) in [6, 6.07) is 11.1. The third-order valence-corrected chi connectivity index (χ3v) is 6.36. The van der Waals surface area contributed by atoms with E-state index >= 15 is 0 Å². The molecule has 0 atom stereocenters. The van der Waals surface area contributed by atoms with E-state index < -0.39 is 15.9 Å². The Kier molecular flexibility index (Phi) is 15.0. The van der Waals surface area contributed by atoms with Gasteiger partial charge in [-0.2, -0.15) is 8.42 Å². The average molecular weight is 487 g/mol. The van der Waals surface area contributed by atoms with E-state index in [2.05, 4.69) is 6.92 Å². The average Bonchev–Trinajstić information content (AvgIpc) is 2.73. The molecule has 0 fully saturated rings. The molecule has 0 amide bonds. The first kappa shape index (κ1) is 29.6. The molecule has 7 heteroatoms. The number of ether oxygens (including phenoxy) is 1. The molecule has 0 radical (unpaired) electrons. The molecule has 1 N–H and O–H groups in total. The van der Waals surface area contributed by atoms with Crippen molar-refractivity contribution in [1.82, 2.24) is 0 Å². The Morgan fingerprint density at radius 1 is 0.844 bits per heavy atom. The van der Waals surface area contributed by atoms with Gasteiger partial charge in [0.1, 0.15) is 16.4 Å². The molecule has 2 aromatic rings. The minimum absolute atomic E-state index is 0. The fourth-order valence-electron chi connectivity index (χ4n) is 3.69. The van der Waals surface area contributed by atoms with Crippen molar-refractivity contribution < 1.29 is 74.2 Å². The molecule has 2 aromatic carbocycles. The zero-order chi connectivity index (χ0) is 22.5. The maximum Gasteiger partial charge on any atom is 1.00 e. The number of hydrogen-bond donors (Lipinski definition) is 1. The first-order chi connectivity index (χ1) is 14.9. The number of hydrogen-bond acceptors (Lipinski definition) is 4. The Balaban J connectivity index is 0.00000512. The van der Waals surface area contributed by atoms with Crippen LogP contribution in [0.3, 0.4) is 0 Å². The summed E-state index contributed by atoms with van der Waals surface area (Å²) >= 11 is 0. The molecule has 0 aliphatic heterocycles. The summed E-state index contributed by atoms with van der Waals surface area (Å²) in [5.74, 6) is -0.0742. The molecule has 2 rings (SSSR count). The Morgan fingerprint density at radius 2 is 1.38 bits per heavy atom. The summed E-state index contributed by atoms with van der Waals surface area (Å²) in [4.78, 5) is -0.245. The van der Waals surface area contributed by atoms with Gasteiger partial charge >= 0.3 is 51.4 Å². The zero-order valence-electron chi connectivity index (χ0n) is 19.5. The van der Waals surface area contributed by atoms with Gasteiger partial charge in [-0.3, -0.25) is 4.55 Å². The van der Waals surface area contributed by atoms with Crippen LogP contribution in [0.15, 0.2) is 47.4 Å². The standard InChI is InChI=1S/C25H36O5S.K/c1-2-3-4-5-6-7-8-9-10-11-13-16-21-19-23(26)24(20-25(21)31(27,28)29)30-22-17-14-12-15-18-22;/h12,14-15,17-20,26H,2-11,13,16H2,1H3,(H,27,28,29);/q;+1/p-1. The summed E-state index contributed by atoms with van der Waals surface area (Å²) < 4.78 is 38.9. The molecule has 0 unspecified atom stereocenters. The second-order valence-corrected chi connectivity index (χ2v) is 9.47. The third-order valence-electron chi connectivity index (χ3n) is 5.43. The van der Waals surface area contributed by atoms with Gasteiger partial charge in [0.15, 0.2) is 0 Å². The van der Waals surface area contributed by atoms with E-state index in [-0.39, 0.29) is 62.0 Å². The normalized spacial score (nSPS) is 11.2. The Labute approximate surface area is 236 Å². The number of rotatable bonds is 15. The first-order valence-corrected chi connectivity index (χ1v) is 12.9. The molecule has 0 aliphatic rings. The summed E-state index contributed by atoms with van der Waals surface area (Å²) in [5, 5.41) is 12.4. The molecule has 0 aromatic heterocycles. The summed E-state index contributed by atoms with van der Waals surface area (Å²) in [5.41, 5.74) is 0.351. The van der Waals surface area contributed by atoms with E-state index in [0.717, 1.165) is 25.3 Å². The van der Waals surface area contributed by atoms with Crippen molar-refractivity contribution in [2.24, 2.45) is 0 Å². The molecular formula is C25H35KO5S. The van der Waals surface area contributed by atoms with Crippen LogP contribution in [-0.2, 0) is 16.5 Å². The van der Waals surface area contributed by atoms with Crippen molar-refractivity contribution in [1.29, 1.82) is 0 Å². The van der Waals surface area contributed by atoms with Gasteiger partial charge in [-0.05, 0) is 30.5 Å². The summed E-state index contributed by atoms with van der Waals surface area (Å²) in [6.07, 6.45) is 13.5. The van der Waals surface area contributed by atoms with Gasteiger partial charge in [-0.15, -0.1) is 0 Å². The maximum absolute atomic E-state index is 12.4. The minimum Gasteiger partial charge on any atom is -0.870 e. The van der Waals surface area contributed by atoms with Gasteiger partial charge in [-0.1, -0.05) is 101 Å². The van der Waals surface area contributed by atoms with Crippen molar-refractivity contribution >= 4 is 10.1 Å². The van der Waals surface area contributed by atoms with Gasteiger partial charge in [0.05, 0.1) is 0 Å². The second-order valence-electron chi connectivity index (χ2n) is 8.08. The molecule has 32 heavy (non-hydrogen) atoms. The predicted molar refractivity (Wildman–Crippen MR) is 122 cm³/mol. The van der Waals surface area contributed by atoms with Crippen LogP contribution in [0.4, 0.5) is 0 Å². The van der Waals surface area contributed by atoms with E-state index in [9.17, 15) is 18.1 Å². The Hall–Kier alpha value is -0.414. The number of benzene rings is 2. The predicted octanol–water partition coefficient (Wildman–Crippen LogP) is 3.66. The molecule has 0 aliphatic carbocycles. The SMILES string of the molecule is CCCCCCCCCCCCCc1cc([O-])c(Oc2ccccc2)cc1S(=O)(=O)O.[K+]. The van der Waals surface area contributed by atoms with E-state index in [0.29, 0.717) is 17.7 Å². The Bertz CT molecular complexity index is 885. The van der Waals surface area contributed by atoms with Crippen LogP contribution in [0.2, 0.25) is 0 Å². The van der Waals surface area contributed by atoms with Crippen LogP contribution >= 0.6 is 0 Å². The second kappa shape index (κ2) is 16.3. The van der Waals surface area contributed by atoms with Crippen LogP contribution in [-0.4, -0.2) is 13.0 Å². The fraction of sp³-hybridized carbons (Fsp3) is 0.520. The van der Waals surface area contributed by atoms with Crippen molar-refractivity contribution in [2.45, 2.75) is 88.9 Å². The third kappa shape index (κ3) is 11.1. The molecule has 0 spiro atoms. The largest absolute Gasteiger partial charge is 1.00 e. The van der Waals surface area contributed by atoms with Gasteiger partial charge in [0, 0.05) is 6.07 Å². The number of unbranched alkanes of at least 4 members (excludes halogenated alkanes) is 10. The molecule has 5 nitrogen and oxygen atoms in total. The van der Waals surface area contributed by atoms with E-state index in [1.54, 1.807) is 24.3 Å². The smallest absolute Gasteiger partial charge is 0.870 e. The summed E-state index contributed by atoms with van der Waals surface area (Å²) in [6.45, 7) is 2.23. The van der Waals surface area contributed by atoms with Crippen LogP contribution < -0.4 is 61.2 Å². The topological polar surface area (TPSA) is 86.7 Å². The summed E-state index contributed by atoms with van der Waals surface area (Å²) in [7, 11) is -4.45. The quantitative estimate of drug-likeness (QED) is 0.236. The van der Waals surface area contributed by atoms with Crippen molar-refractivity contribution in [2.75, 3.05) is 0 Å². The molecule has 0 saturated heterocycles. The zero-order valence-corrected chi connectivity index (χ0v) is 23.5. The fourth-order valence-corrected chi connectivity index (χ4v) is 4.44. The molecule has 0 bridgehead atoms. The minimum atomic E-state index is -4.45. The van der Waals surface area contributed by atoms with E-state index in [1.807, 2.05) is 6.07 Å². The van der Waals surface area contributed by atoms with Crippen LogP contribution in [0.1, 0.15) is 83.1 Å². The van der Waals surface area contributed by atoms with E-state index in [1.165, 1.54) is 57.4 Å². The number of para-hydroxylation sites is 1. The number of aryl methyl sites for hydroxylation is 1. The van der Waals surface area contributed by atoms with Crippen molar-refractivity contribution in [3.05, 3.63) is 48.0 Å². The van der Waals surface area contributed by atoms with Crippen molar-refractivity contribution in [3.8, 4) is 17.2 Å². The van der Waals surface area contributed by atoms with Gasteiger partial charge in [0.25, 0.3) is 10.1 Å². The molecule has 0 heterocycles. The Morgan fingerprint density at radius 3 is 1.91 bits per heavy atom. The maximum atomic E-state index is 12.4. The van der Waals surface area contributed by atoms with Gasteiger partial charge in [0.2, 0.25) is 0 Å². The monoisotopic (exact) mass is 486 g/mol. The molecule has 172 valence electrons. The molecular weight excluding hydrogens is 451 g/mol. The van der Waals surface area contributed by atoms with Crippen LogP contribution in [0, 0.1) is 0 Å².